The Labute approximate surface area is 140 Å². The maximum atomic E-state index is 12.1. The first-order valence-corrected chi connectivity index (χ1v) is 9.27. The summed E-state index contributed by atoms with van der Waals surface area (Å²) in [6, 6.07) is 8.00. The second-order valence-corrected chi connectivity index (χ2v) is 7.83. The molecule has 1 aromatic heterocycles. The van der Waals surface area contributed by atoms with E-state index in [1.54, 1.807) is 23.1 Å². The van der Waals surface area contributed by atoms with Crippen LogP contribution in [0.15, 0.2) is 34.0 Å². The molecule has 1 amide bonds. The molecule has 0 radical (unpaired) electrons. The van der Waals surface area contributed by atoms with Crippen molar-refractivity contribution in [3.63, 3.8) is 0 Å². The number of hydrogen-bond acceptors (Lipinski definition) is 4. The Morgan fingerprint density at radius 1 is 1.27 bits per heavy atom. The number of hydrogen-bond donors (Lipinski definition) is 1. The molecule has 2 aromatic rings. The number of carbonyl (C=O) groups excluding carboxylic acids is 1. The number of nitrogens with zero attached hydrogens (tertiary/aromatic N) is 1. The van der Waals surface area contributed by atoms with E-state index in [4.69, 9.17) is 0 Å². The van der Waals surface area contributed by atoms with Gasteiger partial charge >= 0.3 is 0 Å². The first-order chi connectivity index (χ1) is 10.5. The molecular formula is C17H22N2OS2. The Kier molecular flexibility index (Phi) is 6.03. The third-order valence-electron chi connectivity index (χ3n) is 3.54. The first kappa shape index (κ1) is 17.0. The van der Waals surface area contributed by atoms with Gasteiger partial charge in [-0.1, -0.05) is 37.7 Å². The summed E-state index contributed by atoms with van der Waals surface area (Å²) in [5, 5.41) is 5.08. The van der Waals surface area contributed by atoms with Crippen LogP contribution in [-0.2, 0) is 5.75 Å². The smallest absolute Gasteiger partial charge is 0.251 e. The third kappa shape index (κ3) is 4.85. The lowest BCUT2D eigenvalue weighted by molar-refractivity contribution is 0.0930. The summed E-state index contributed by atoms with van der Waals surface area (Å²) in [4.78, 5) is 16.6. The lowest BCUT2D eigenvalue weighted by Crippen LogP contribution is -2.36. The van der Waals surface area contributed by atoms with Crippen molar-refractivity contribution in [2.45, 2.75) is 43.8 Å². The molecule has 118 valence electrons. The standard InChI is InChI=1S/C17H22N2OS2/c1-11(2)13(4)19-16(20)15-7-5-14(6-8-15)10-22-17-18-12(3)9-21-17/h5-9,11,13H,10H2,1-4H3,(H,19,20). The van der Waals surface area contributed by atoms with Crippen molar-refractivity contribution in [2.75, 3.05) is 0 Å². The topological polar surface area (TPSA) is 42.0 Å². The number of benzene rings is 1. The Morgan fingerprint density at radius 2 is 1.95 bits per heavy atom. The van der Waals surface area contributed by atoms with E-state index in [2.05, 4.69) is 29.5 Å². The van der Waals surface area contributed by atoms with Crippen LogP contribution in [0.1, 0.15) is 42.4 Å². The van der Waals surface area contributed by atoms with Crippen molar-refractivity contribution in [2.24, 2.45) is 5.92 Å². The van der Waals surface area contributed by atoms with Gasteiger partial charge in [-0.15, -0.1) is 11.3 Å². The summed E-state index contributed by atoms with van der Waals surface area (Å²) in [5.74, 6) is 1.30. The van der Waals surface area contributed by atoms with Gasteiger partial charge in [-0.2, -0.15) is 0 Å². The largest absolute Gasteiger partial charge is 0.349 e. The molecule has 2 rings (SSSR count). The van der Waals surface area contributed by atoms with E-state index in [1.165, 1.54) is 5.56 Å². The van der Waals surface area contributed by atoms with Crippen LogP contribution in [0.3, 0.4) is 0 Å². The van der Waals surface area contributed by atoms with E-state index in [-0.39, 0.29) is 11.9 Å². The van der Waals surface area contributed by atoms with Gasteiger partial charge in [-0.25, -0.2) is 4.98 Å². The normalized spacial score (nSPS) is 12.4. The number of thioether (sulfide) groups is 1. The fraction of sp³-hybridized carbons (Fsp3) is 0.412. The number of carbonyl (C=O) groups is 1. The van der Waals surface area contributed by atoms with Crippen LogP contribution in [0.2, 0.25) is 0 Å². The predicted octanol–water partition coefficient (Wildman–Crippen LogP) is 4.52. The first-order valence-electron chi connectivity index (χ1n) is 7.40. The summed E-state index contributed by atoms with van der Waals surface area (Å²) in [5.41, 5.74) is 2.98. The van der Waals surface area contributed by atoms with Gasteiger partial charge in [0.15, 0.2) is 0 Å². The molecule has 0 aliphatic heterocycles. The van der Waals surface area contributed by atoms with E-state index in [1.807, 2.05) is 38.1 Å². The lowest BCUT2D eigenvalue weighted by Gasteiger charge is -2.17. The van der Waals surface area contributed by atoms with E-state index in [0.29, 0.717) is 11.5 Å². The van der Waals surface area contributed by atoms with Gasteiger partial charge in [0, 0.05) is 28.4 Å². The van der Waals surface area contributed by atoms with Crippen molar-refractivity contribution in [1.82, 2.24) is 10.3 Å². The van der Waals surface area contributed by atoms with E-state index in [0.717, 1.165) is 15.8 Å². The highest BCUT2D eigenvalue weighted by Gasteiger charge is 2.12. The van der Waals surface area contributed by atoms with Gasteiger partial charge in [-0.05, 0) is 37.5 Å². The SMILES string of the molecule is Cc1csc(SCc2ccc(C(=O)NC(C)C(C)C)cc2)n1. The lowest BCUT2D eigenvalue weighted by atomic mass is 10.1. The molecule has 1 unspecified atom stereocenters. The Morgan fingerprint density at radius 3 is 2.50 bits per heavy atom. The summed E-state index contributed by atoms with van der Waals surface area (Å²) in [6.07, 6.45) is 0. The molecule has 0 spiro atoms. The summed E-state index contributed by atoms with van der Waals surface area (Å²) < 4.78 is 1.09. The minimum atomic E-state index is -0.00375. The van der Waals surface area contributed by atoms with Crippen molar-refractivity contribution >= 4 is 29.0 Å². The molecule has 1 heterocycles. The average Bonchev–Trinajstić information content (AvgIpc) is 2.91. The van der Waals surface area contributed by atoms with Gasteiger partial charge in [0.05, 0.1) is 0 Å². The van der Waals surface area contributed by atoms with Crippen molar-refractivity contribution in [3.05, 3.63) is 46.5 Å². The van der Waals surface area contributed by atoms with E-state index >= 15 is 0 Å². The van der Waals surface area contributed by atoms with E-state index < -0.39 is 0 Å². The third-order valence-corrected chi connectivity index (χ3v) is 5.75. The van der Waals surface area contributed by atoms with Crippen LogP contribution in [0.5, 0.6) is 0 Å². The van der Waals surface area contributed by atoms with Gasteiger partial charge in [0.25, 0.3) is 5.91 Å². The molecule has 0 aliphatic rings. The van der Waals surface area contributed by atoms with Crippen molar-refractivity contribution in [1.29, 1.82) is 0 Å². The summed E-state index contributed by atoms with van der Waals surface area (Å²) >= 11 is 3.40. The van der Waals surface area contributed by atoms with Crippen LogP contribution >= 0.6 is 23.1 Å². The molecule has 3 nitrogen and oxygen atoms in total. The van der Waals surface area contributed by atoms with Crippen LogP contribution < -0.4 is 5.32 Å². The minimum Gasteiger partial charge on any atom is -0.349 e. The highest BCUT2D eigenvalue weighted by molar-refractivity contribution is 8.00. The fourth-order valence-corrected chi connectivity index (χ4v) is 3.56. The number of amides is 1. The minimum absolute atomic E-state index is 0.00375. The number of nitrogens with one attached hydrogen (secondary N) is 1. The number of aryl methyl sites for hydroxylation is 1. The number of aromatic nitrogens is 1. The molecule has 0 saturated heterocycles. The maximum absolute atomic E-state index is 12.1. The zero-order valence-electron chi connectivity index (χ0n) is 13.4. The van der Waals surface area contributed by atoms with Crippen LogP contribution in [0, 0.1) is 12.8 Å². The molecule has 5 heteroatoms. The zero-order chi connectivity index (χ0) is 16.1. The molecule has 0 saturated carbocycles. The molecular weight excluding hydrogens is 312 g/mol. The molecule has 1 aromatic carbocycles. The number of rotatable bonds is 6. The Balaban J connectivity index is 1.91. The highest BCUT2D eigenvalue weighted by Crippen LogP contribution is 2.26. The molecule has 22 heavy (non-hydrogen) atoms. The van der Waals surface area contributed by atoms with Crippen LogP contribution in [0.25, 0.3) is 0 Å². The molecule has 0 fully saturated rings. The van der Waals surface area contributed by atoms with Crippen molar-refractivity contribution in [3.8, 4) is 0 Å². The van der Waals surface area contributed by atoms with Gasteiger partial charge in [0.2, 0.25) is 0 Å². The summed E-state index contributed by atoms with van der Waals surface area (Å²) in [7, 11) is 0. The fourth-order valence-electron chi connectivity index (χ4n) is 1.75. The molecule has 1 atom stereocenters. The quantitative estimate of drug-likeness (QED) is 0.790. The molecule has 0 bridgehead atoms. The maximum Gasteiger partial charge on any atom is 0.251 e. The van der Waals surface area contributed by atoms with Crippen LogP contribution in [0.4, 0.5) is 0 Å². The van der Waals surface area contributed by atoms with Gasteiger partial charge < -0.3 is 5.32 Å². The van der Waals surface area contributed by atoms with Gasteiger partial charge in [-0.3, -0.25) is 4.79 Å². The van der Waals surface area contributed by atoms with Crippen molar-refractivity contribution < 1.29 is 4.79 Å². The van der Waals surface area contributed by atoms with Gasteiger partial charge in [0.1, 0.15) is 4.34 Å². The molecule has 1 N–H and O–H groups in total. The van der Waals surface area contributed by atoms with Crippen LogP contribution in [-0.4, -0.2) is 16.9 Å². The highest BCUT2D eigenvalue weighted by atomic mass is 32.2. The Bertz CT molecular complexity index is 620. The summed E-state index contributed by atoms with van der Waals surface area (Å²) in [6.45, 7) is 8.24. The number of thiazole rings is 1. The zero-order valence-corrected chi connectivity index (χ0v) is 15.1. The second kappa shape index (κ2) is 7.79. The average molecular weight is 335 g/mol. The Hall–Kier alpha value is -1.33. The predicted molar refractivity (Wildman–Crippen MR) is 94.6 cm³/mol. The van der Waals surface area contributed by atoms with E-state index in [9.17, 15) is 4.79 Å². The monoisotopic (exact) mass is 334 g/mol. The second-order valence-electron chi connectivity index (χ2n) is 5.75. The molecule has 0 aliphatic carbocycles.